The zero-order chi connectivity index (χ0) is 21.0. The van der Waals surface area contributed by atoms with Gasteiger partial charge in [0.2, 0.25) is 11.8 Å². The van der Waals surface area contributed by atoms with E-state index in [9.17, 15) is 14.4 Å². The van der Waals surface area contributed by atoms with E-state index < -0.39 is 5.41 Å². The maximum Gasteiger partial charge on any atom is 0.312 e. The van der Waals surface area contributed by atoms with E-state index in [2.05, 4.69) is 10.3 Å². The monoisotopic (exact) mass is 410 g/mol. The third-order valence-electron chi connectivity index (χ3n) is 6.00. The lowest BCUT2D eigenvalue weighted by Crippen LogP contribution is -2.45. The molecule has 2 aromatic rings. The number of hydrogen-bond donors (Lipinski definition) is 1. The molecule has 4 rings (SSSR count). The van der Waals surface area contributed by atoms with Crippen molar-refractivity contribution in [3.63, 3.8) is 0 Å². The SMILES string of the molecule is O=C(CCC(=O)N1CCC2(CC1)CC(Cn1ccnc1)OC2=O)Nc1ccccc1. The molecule has 0 bridgehead atoms. The van der Waals surface area contributed by atoms with Crippen molar-refractivity contribution in [2.24, 2.45) is 5.41 Å². The van der Waals surface area contributed by atoms with Crippen LogP contribution >= 0.6 is 0 Å². The Bertz CT molecular complexity index is 889. The van der Waals surface area contributed by atoms with E-state index in [0.717, 1.165) is 5.69 Å². The number of cyclic esters (lactones) is 1. The zero-order valence-corrected chi connectivity index (χ0v) is 16.8. The predicted molar refractivity (Wildman–Crippen MR) is 109 cm³/mol. The Morgan fingerprint density at radius 2 is 1.93 bits per heavy atom. The van der Waals surface area contributed by atoms with Gasteiger partial charge in [-0.1, -0.05) is 18.2 Å². The molecule has 1 aromatic heterocycles. The maximum absolute atomic E-state index is 12.6. The molecule has 3 heterocycles. The number of ether oxygens (including phenoxy) is 1. The van der Waals surface area contributed by atoms with E-state index in [4.69, 9.17) is 4.74 Å². The summed E-state index contributed by atoms with van der Waals surface area (Å²) in [5.41, 5.74) is 0.229. The molecule has 0 radical (unpaired) electrons. The summed E-state index contributed by atoms with van der Waals surface area (Å²) in [6.07, 6.45) is 7.31. The first-order chi connectivity index (χ1) is 14.5. The van der Waals surface area contributed by atoms with Crippen LogP contribution in [0.25, 0.3) is 0 Å². The molecule has 1 spiro atoms. The van der Waals surface area contributed by atoms with Gasteiger partial charge in [-0.2, -0.15) is 0 Å². The number of imidazole rings is 1. The van der Waals surface area contributed by atoms with Crippen LogP contribution in [0.2, 0.25) is 0 Å². The maximum atomic E-state index is 12.6. The van der Waals surface area contributed by atoms with Crippen molar-refractivity contribution in [1.29, 1.82) is 0 Å². The molecule has 2 aliphatic heterocycles. The van der Waals surface area contributed by atoms with Gasteiger partial charge in [-0.05, 0) is 25.0 Å². The van der Waals surface area contributed by atoms with Crippen molar-refractivity contribution in [2.45, 2.75) is 44.8 Å². The third-order valence-corrected chi connectivity index (χ3v) is 6.00. The molecule has 1 aromatic carbocycles. The smallest absolute Gasteiger partial charge is 0.312 e. The Labute approximate surface area is 175 Å². The minimum atomic E-state index is -0.493. The highest BCUT2D eigenvalue weighted by Gasteiger charge is 2.50. The Morgan fingerprint density at radius 1 is 1.17 bits per heavy atom. The lowest BCUT2D eigenvalue weighted by atomic mass is 9.76. The van der Waals surface area contributed by atoms with Crippen LogP contribution in [0.15, 0.2) is 49.1 Å². The van der Waals surface area contributed by atoms with Crippen molar-refractivity contribution < 1.29 is 19.1 Å². The lowest BCUT2D eigenvalue weighted by Gasteiger charge is -2.36. The number of nitrogens with one attached hydrogen (secondary N) is 1. The van der Waals surface area contributed by atoms with Gasteiger partial charge in [0.15, 0.2) is 0 Å². The minimum Gasteiger partial charge on any atom is -0.460 e. The number of anilines is 1. The molecule has 0 saturated carbocycles. The molecule has 2 fully saturated rings. The summed E-state index contributed by atoms with van der Waals surface area (Å²) in [6.45, 7) is 1.64. The quantitative estimate of drug-likeness (QED) is 0.737. The van der Waals surface area contributed by atoms with Crippen LogP contribution in [-0.2, 0) is 25.7 Å². The fourth-order valence-corrected chi connectivity index (χ4v) is 4.28. The van der Waals surface area contributed by atoms with Crippen LogP contribution in [0.1, 0.15) is 32.1 Å². The van der Waals surface area contributed by atoms with E-state index in [-0.39, 0.29) is 36.7 Å². The van der Waals surface area contributed by atoms with Gasteiger partial charge in [0.1, 0.15) is 6.10 Å². The van der Waals surface area contributed by atoms with E-state index >= 15 is 0 Å². The number of likely N-dealkylation sites (tertiary alicyclic amines) is 1. The zero-order valence-electron chi connectivity index (χ0n) is 16.8. The second-order valence-electron chi connectivity index (χ2n) is 8.07. The fourth-order valence-electron chi connectivity index (χ4n) is 4.28. The van der Waals surface area contributed by atoms with E-state index in [1.807, 2.05) is 41.1 Å². The molecular formula is C22H26N4O4. The first-order valence-electron chi connectivity index (χ1n) is 10.3. The summed E-state index contributed by atoms with van der Waals surface area (Å²) in [6, 6.07) is 9.19. The number of para-hydroxylation sites is 1. The van der Waals surface area contributed by atoms with Gasteiger partial charge in [0.05, 0.1) is 18.3 Å². The van der Waals surface area contributed by atoms with Crippen molar-refractivity contribution >= 4 is 23.5 Å². The number of piperidine rings is 1. The molecule has 1 unspecified atom stereocenters. The van der Waals surface area contributed by atoms with E-state index in [1.165, 1.54) is 0 Å². The summed E-state index contributed by atoms with van der Waals surface area (Å²) in [7, 11) is 0. The molecule has 1 N–H and O–H groups in total. The Kier molecular flexibility index (Phi) is 5.83. The molecule has 2 amide bonds. The average molecular weight is 410 g/mol. The Balaban J connectivity index is 1.23. The van der Waals surface area contributed by atoms with Crippen LogP contribution in [-0.4, -0.2) is 51.4 Å². The Morgan fingerprint density at radius 3 is 2.63 bits per heavy atom. The van der Waals surface area contributed by atoms with Gasteiger partial charge in [-0.3, -0.25) is 14.4 Å². The molecule has 2 aliphatic rings. The number of carbonyl (C=O) groups excluding carboxylic acids is 3. The van der Waals surface area contributed by atoms with E-state index in [0.29, 0.717) is 38.9 Å². The number of benzene rings is 1. The normalized spacial score (nSPS) is 20.2. The average Bonchev–Trinajstić information content (AvgIpc) is 3.36. The number of rotatable bonds is 6. The predicted octanol–water partition coefficient (Wildman–Crippen LogP) is 2.23. The van der Waals surface area contributed by atoms with Crippen LogP contribution in [0.3, 0.4) is 0 Å². The highest BCUT2D eigenvalue weighted by molar-refractivity contribution is 5.93. The summed E-state index contributed by atoms with van der Waals surface area (Å²) in [5, 5.41) is 2.79. The Hall–Kier alpha value is -3.16. The lowest BCUT2D eigenvalue weighted by molar-refractivity contribution is -0.152. The van der Waals surface area contributed by atoms with Gasteiger partial charge in [0.25, 0.3) is 0 Å². The fraction of sp³-hybridized carbons (Fsp3) is 0.455. The summed E-state index contributed by atoms with van der Waals surface area (Å²) >= 11 is 0. The standard InChI is InChI=1S/C22H26N4O4/c27-19(24-17-4-2-1-3-5-17)6-7-20(28)26-11-8-22(9-12-26)14-18(30-21(22)29)15-25-13-10-23-16-25/h1-5,10,13,16,18H,6-9,11-12,14-15H2,(H,24,27). The van der Waals surface area contributed by atoms with Gasteiger partial charge >= 0.3 is 5.97 Å². The van der Waals surface area contributed by atoms with Crippen LogP contribution in [0, 0.1) is 5.41 Å². The summed E-state index contributed by atoms with van der Waals surface area (Å²) in [5.74, 6) is -0.374. The number of nitrogens with zero attached hydrogens (tertiary/aromatic N) is 3. The summed E-state index contributed by atoms with van der Waals surface area (Å²) in [4.78, 5) is 42.9. The van der Waals surface area contributed by atoms with Crippen LogP contribution < -0.4 is 5.32 Å². The largest absolute Gasteiger partial charge is 0.460 e. The molecule has 30 heavy (non-hydrogen) atoms. The molecule has 8 heteroatoms. The minimum absolute atomic E-state index is 0.0469. The van der Waals surface area contributed by atoms with Crippen LogP contribution in [0.5, 0.6) is 0 Å². The number of amides is 2. The third kappa shape index (κ3) is 4.53. The van der Waals surface area contributed by atoms with Gasteiger partial charge < -0.3 is 19.5 Å². The first-order valence-corrected chi connectivity index (χ1v) is 10.3. The molecule has 8 nitrogen and oxygen atoms in total. The molecule has 2 saturated heterocycles. The van der Waals surface area contributed by atoms with Crippen molar-refractivity contribution in [3.05, 3.63) is 49.1 Å². The number of aromatic nitrogens is 2. The number of esters is 1. The summed E-state index contributed by atoms with van der Waals surface area (Å²) < 4.78 is 7.53. The molecule has 1 atom stereocenters. The van der Waals surface area contributed by atoms with E-state index in [1.54, 1.807) is 17.4 Å². The second-order valence-corrected chi connectivity index (χ2v) is 8.07. The topological polar surface area (TPSA) is 93.5 Å². The van der Waals surface area contributed by atoms with Crippen molar-refractivity contribution in [3.8, 4) is 0 Å². The number of carbonyl (C=O) groups is 3. The first kappa shape index (κ1) is 20.1. The van der Waals surface area contributed by atoms with Crippen molar-refractivity contribution in [1.82, 2.24) is 14.5 Å². The van der Waals surface area contributed by atoms with Gasteiger partial charge in [-0.15, -0.1) is 0 Å². The highest BCUT2D eigenvalue weighted by atomic mass is 16.6. The van der Waals surface area contributed by atoms with Gasteiger partial charge in [-0.25, -0.2) is 4.98 Å². The van der Waals surface area contributed by atoms with Crippen LogP contribution in [0.4, 0.5) is 5.69 Å². The van der Waals surface area contributed by atoms with Crippen molar-refractivity contribution in [2.75, 3.05) is 18.4 Å². The highest BCUT2D eigenvalue weighted by Crippen LogP contribution is 2.43. The second kappa shape index (κ2) is 8.69. The number of hydrogen-bond acceptors (Lipinski definition) is 5. The van der Waals surface area contributed by atoms with Gasteiger partial charge in [0, 0.05) is 50.4 Å². The molecule has 158 valence electrons. The molecular weight excluding hydrogens is 384 g/mol. The molecule has 0 aliphatic carbocycles.